The number of furan rings is 1. The van der Waals surface area contributed by atoms with Crippen LogP contribution in [-0.2, 0) is 0 Å². The summed E-state index contributed by atoms with van der Waals surface area (Å²) in [5, 5.41) is 6.93. The first-order chi connectivity index (χ1) is 37.2. The van der Waals surface area contributed by atoms with Gasteiger partial charge in [0.1, 0.15) is 11.2 Å². The zero-order valence-electron chi connectivity index (χ0n) is 40.6. The molecule has 350 valence electrons. The largest absolute Gasteiger partial charge is 0.456 e. The first-order valence-corrected chi connectivity index (χ1v) is 25.5. The Balaban J connectivity index is 1.01. The molecule has 4 heterocycles. The molecule has 75 heavy (non-hydrogen) atoms. The number of nitrogens with zero attached hydrogens (tertiary/aromatic N) is 4. The minimum Gasteiger partial charge on any atom is -0.456 e. The Kier molecular flexibility index (Phi) is 9.82. The minimum absolute atomic E-state index is 0.655. The summed E-state index contributed by atoms with van der Waals surface area (Å²) in [6.07, 6.45) is 0. The Bertz CT molecular complexity index is 4550. The molecule has 11 aromatic carbocycles. The lowest BCUT2D eigenvalue weighted by Gasteiger charge is -2.20. The molecule has 0 radical (unpaired) electrons. The van der Waals surface area contributed by atoms with E-state index in [9.17, 15) is 0 Å². The molecule has 0 saturated heterocycles. The van der Waals surface area contributed by atoms with E-state index < -0.39 is 0 Å². The molecular formula is C70H44N4O. The third kappa shape index (κ3) is 7.08. The third-order valence-electron chi connectivity index (χ3n) is 15.0. The third-order valence-corrected chi connectivity index (χ3v) is 15.0. The molecule has 0 saturated carbocycles. The van der Waals surface area contributed by atoms with E-state index in [2.05, 4.69) is 246 Å². The second kappa shape index (κ2) is 17.3. The van der Waals surface area contributed by atoms with Gasteiger partial charge in [0.25, 0.3) is 0 Å². The predicted molar refractivity (Wildman–Crippen MR) is 311 cm³/mol. The van der Waals surface area contributed by atoms with Crippen LogP contribution in [0.5, 0.6) is 0 Å². The number of benzene rings is 11. The fourth-order valence-electron chi connectivity index (χ4n) is 11.4. The lowest BCUT2D eigenvalue weighted by atomic mass is 9.96. The van der Waals surface area contributed by atoms with Gasteiger partial charge < -0.3 is 13.6 Å². The quantitative estimate of drug-likeness (QED) is 0.152. The molecule has 0 spiro atoms. The molecule has 15 aromatic rings. The SMILES string of the molecule is c1ccc(-c2ccc3c(c2)c2cc(-c4ccccc4)ccc2n3-c2ccc(-c3cc(-c4ccc5oc6ccccc6c5c4)nc(-c4ccccc4)n3)cc2-c2ccccc2-n2c3ccccc3c3ccccc32)cc1. The second-order valence-corrected chi connectivity index (χ2v) is 19.3. The van der Waals surface area contributed by atoms with Crippen LogP contribution in [0.1, 0.15) is 0 Å². The molecule has 4 aromatic heterocycles. The Morgan fingerprint density at radius 2 is 0.693 bits per heavy atom. The zero-order chi connectivity index (χ0) is 49.4. The molecule has 0 unspecified atom stereocenters. The van der Waals surface area contributed by atoms with Crippen LogP contribution in [0, 0.1) is 0 Å². The Hall–Kier alpha value is -10.1. The van der Waals surface area contributed by atoms with Crippen LogP contribution in [0.15, 0.2) is 271 Å². The van der Waals surface area contributed by atoms with Crippen molar-refractivity contribution >= 4 is 65.6 Å². The van der Waals surface area contributed by atoms with Crippen molar-refractivity contribution in [2.45, 2.75) is 0 Å². The molecule has 0 bridgehead atoms. The fraction of sp³-hybridized carbons (Fsp3) is 0. The van der Waals surface area contributed by atoms with Gasteiger partial charge in [0.2, 0.25) is 0 Å². The van der Waals surface area contributed by atoms with Crippen LogP contribution in [-0.4, -0.2) is 19.1 Å². The van der Waals surface area contributed by atoms with Crippen molar-refractivity contribution < 1.29 is 4.42 Å². The van der Waals surface area contributed by atoms with Gasteiger partial charge in [0.05, 0.1) is 44.8 Å². The number of hydrogen-bond acceptors (Lipinski definition) is 3. The van der Waals surface area contributed by atoms with E-state index in [0.717, 1.165) is 94.6 Å². The first kappa shape index (κ1) is 42.6. The van der Waals surface area contributed by atoms with Gasteiger partial charge in [-0.1, -0.05) is 182 Å². The van der Waals surface area contributed by atoms with Gasteiger partial charge in [-0.25, -0.2) is 9.97 Å². The molecular weight excluding hydrogens is 913 g/mol. The van der Waals surface area contributed by atoms with Gasteiger partial charge in [0, 0.05) is 60.1 Å². The lowest BCUT2D eigenvalue weighted by molar-refractivity contribution is 0.669. The molecule has 0 aliphatic rings. The topological polar surface area (TPSA) is 48.8 Å². The van der Waals surface area contributed by atoms with Gasteiger partial charge in [-0.15, -0.1) is 0 Å². The highest BCUT2D eigenvalue weighted by Crippen LogP contribution is 2.44. The summed E-state index contributed by atoms with van der Waals surface area (Å²) in [7, 11) is 0. The van der Waals surface area contributed by atoms with Crippen LogP contribution in [0.2, 0.25) is 0 Å². The molecule has 15 rings (SSSR count). The highest BCUT2D eigenvalue weighted by atomic mass is 16.3. The van der Waals surface area contributed by atoms with Gasteiger partial charge in [-0.2, -0.15) is 0 Å². The first-order valence-electron chi connectivity index (χ1n) is 25.5. The van der Waals surface area contributed by atoms with Crippen molar-refractivity contribution in [3.05, 3.63) is 267 Å². The Morgan fingerprint density at radius 1 is 0.253 bits per heavy atom. The van der Waals surface area contributed by atoms with E-state index in [1.165, 1.54) is 43.8 Å². The molecule has 0 N–H and O–H groups in total. The summed E-state index contributed by atoms with van der Waals surface area (Å²) in [5.41, 5.74) is 19.8. The summed E-state index contributed by atoms with van der Waals surface area (Å²) in [5.74, 6) is 0.655. The lowest BCUT2D eigenvalue weighted by Crippen LogP contribution is -2.02. The van der Waals surface area contributed by atoms with Crippen molar-refractivity contribution in [2.24, 2.45) is 0 Å². The van der Waals surface area contributed by atoms with Gasteiger partial charge in [-0.05, 0) is 107 Å². The summed E-state index contributed by atoms with van der Waals surface area (Å²) in [6, 6.07) is 95.5. The summed E-state index contributed by atoms with van der Waals surface area (Å²) < 4.78 is 11.2. The average molecular weight is 957 g/mol. The Morgan fingerprint density at radius 3 is 1.32 bits per heavy atom. The summed E-state index contributed by atoms with van der Waals surface area (Å²) in [6.45, 7) is 0. The van der Waals surface area contributed by atoms with Gasteiger partial charge in [0.15, 0.2) is 5.82 Å². The highest BCUT2D eigenvalue weighted by Gasteiger charge is 2.23. The molecule has 5 nitrogen and oxygen atoms in total. The van der Waals surface area contributed by atoms with Crippen molar-refractivity contribution in [2.75, 3.05) is 0 Å². The van der Waals surface area contributed by atoms with E-state index in [1.807, 2.05) is 30.3 Å². The number of rotatable bonds is 8. The summed E-state index contributed by atoms with van der Waals surface area (Å²) in [4.78, 5) is 10.7. The van der Waals surface area contributed by atoms with Crippen LogP contribution < -0.4 is 0 Å². The van der Waals surface area contributed by atoms with Crippen LogP contribution in [0.4, 0.5) is 0 Å². The van der Waals surface area contributed by atoms with Crippen molar-refractivity contribution in [3.8, 4) is 78.7 Å². The number of fused-ring (bicyclic) bond motifs is 9. The van der Waals surface area contributed by atoms with Crippen LogP contribution in [0.25, 0.3) is 144 Å². The number of aromatic nitrogens is 4. The zero-order valence-corrected chi connectivity index (χ0v) is 40.6. The molecule has 0 fully saturated rings. The maximum atomic E-state index is 6.28. The Labute approximate surface area is 432 Å². The van der Waals surface area contributed by atoms with E-state index >= 15 is 0 Å². The van der Waals surface area contributed by atoms with E-state index in [0.29, 0.717) is 5.82 Å². The van der Waals surface area contributed by atoms with Crippen LogP contribution in [0.3, 0.4) is 0 Å². The molecule has 0 atom stereocenters. The summed E-state index contributed by atoms with van der Waals surface area (Å²) >= 11 is 0. The minimum atomic E-state index is 0.655. The monoisotopic (exact) mass is 956 g/mol. The van der Waals surface area contributed by atoms with Gasteiger partial charge >= 0.3 is 0 Å². The van der Waals surface area contributed by atoms with Crippen molar-refractivity contribution in [3.63, 3.8) is 0 Å². The van der Waals surface area contributed by atoms with E-state index in [-0.39, 0.29) is 0 Å². The molecule has 0 aliphatic carbocycles. The molecule has 0 aliphatic heterocycles. The maximum Gasteiger partial charge on any atom is 0.160 e. The van der Waals surface area contributed by atoms with Crippen LogP contribution >= 0.6 is 0 Å². The smallest absolute Gasteiger partial charge is 0.160 e. The fourth-order valence-corrected chi connectivity index (χ4v) is 11.4. The van der Waals surface area contributed by atoms with E-state index in [1.54, 1.807) is 0 Å². The van der Waals surface area contributed by atoms with Crippen molar-refractivity contribution in [1.82, 2.24) is 19.1 Å². The van der Waals surface area contributed by atoms with Gasteiger partial charge in [-0.3, -0.25) is 0 Å². The normalized spacial score (nSPS) is 11.7. The van der Waals surface area contributed by atoms with Crippen molar-refractivity contribution in [1.29, 1.82) is 0 Å². The highest BCUT2D eigenvalue weighted by molar-refractivity contribution is 6.13. The van der Waals surface area contributed by atoms with E-state index in [4.69, 9.17) is 14.4 Å². The maximum absolute atomic E-state index is 6.28. The standard InChI is InChI=1S/C70H44N4O/c1-4-18-45(19-5-1)48-32-36-66-57(40-48)58-41-49(46-20-6-2-7-21-46)33-37-67(58)74(66)65-38-34-50(42-56(65)54-26-12-16-30-64(54)73-62-28-14-10-24-52(62)53-25-11-15-29-63(53)73)60-44-61(72-70(71-60)47-22-8-3-9-23-47)51-35-39-69-59(43-51)55-27-13-17-31-68(55)75-69/h1-44H. The number of para-hydroxylation sites is 4. The number of hydrogen-bond donors (Lipinski definition) is 0. The predicted octanol–water partition coefficient (Wildman–Crippen LogP) is 18.6. The second-order valence-electron chi connectivity index (χ2n) is 19.3. The molecule has 0 amide bonds. The average Bonchev–Trinajstić information content (AvgIpc) is 4.17. The molecule has 5 heteroatoms.